The molecule has 0 saturated heterocycles. The van der Waals surface area contributed by atoms with Crippen molar-refractivity contribution in [1.29, 1.82) is 0 Å². The van der Waals surface area contributed by atoms with Crippen LogP contribution in [0.25, 0.3) is 6.08 Å². The lowest BCUT2D eigenvalue weighted by Gasteiger charge is -2.11. The molecule has 23 heavy (non-hydrogen) atoms. The fraction of sp³-hybridized carbons (Fsp3) is 0.556. The molecule has 0 aliphatic heterocycles. The molecule has 2 N–H and O–H groups in total. The van der Waals surface area contributed by atoms with Crippen LogP contribution >= 0.6 is 11.3 Å². The second kappa shape index (κ2) is 10.2. The molecule has 0 saturated carbocycles. The average molecular weight is 337 g/mol. The maximum atomic E-state index is 12.4. The molecule has 4 nitrogen and oxygen atoms in total. The van der Waals surface area contributed by atoms with Crippen LogP contribution in [0.5, 0.6) is 0 Å². The third-order valence-corrected chi connectivity index (χ3v) is 4.15. The third kappa shape index (κ3) is 7.98. The summed E-state index contributed by atoms with van der Waals surface area (Å²) in [7, 11) is 0. The molecule has 0 fully saturated rings. The summed E-state index contributed by atoms with van der Waals surface area (Å²) in [6.45, 7) is 9.58. The Morgan fingerprint density at radius 3 is 1.96 bits per heavy atom. The Bertz CT molecular complexity index is 491. The van der Waals surface area contributed by atoms with Gasteiger partial charge in [0.25, 0.3) is 11.8 Å². The number of amides is 2. The molecule has 0 spiro atoms. The Kier molecular flexibility index (Phi) is 8.62. The largest absolute Gasteiger partial charge is 0.352 e. The van der Waals surface area contributed by atoms with E-state index in [0.717, 1.165) is 17.7 Å². The molecule has 1 rings (SSSR count). The summed E-state index contributed by atoms with van der Waals surface area (Å²) in [4.78, 5) is 25.6. The summed E-state index contributed by atoms with van der Waals surface area (Å²) in [5.74, 6) is 0.419. The first-order valence-electron chi connectivity index (χ1n) is 8.21. The Morgan fingerprint density at radius 2 is 1.57 bits per heavy atom. The number of rotatable bonds is 9. The molecule has 5 heteroatoms. The van der Waals surface area contributed by atoms with Gasteiger partial charge >= 0.3 is 0 Å². The van der Waals surface area contributed by atoms with E-state index in [1.54, 1.807) is 6.08 Å². The van der Waals surface area contributed by atoms with Crippen molar-refractivity contribution in [3.8, 4) is 0 Å². The van der Waals surface area contributed by atoms with Crippen molar-refractivity contribution in [1.82, 2.24) is 10.6 Å². The Balaban J connectivity index is 2.73. The summed E-state index contributed by atoms with van der Waals surface area (Å²) >= 11 is 1.51. The molecular formula is C18H28N2O2S. The predicted molar refractivity (Wildman–Crippen MR) is 97.2 cm³/mol. The van der Waals surface area contributed by atoms with Gasteiger partial charge in [0.15, 0.2) is 0 Å². The Morgan fingerprint density at radius 1 is 1.04 bits per heavy atom. The lowest BCUT2D eigenvalue weighted by molar-refractivity contribution is -0.123. The van der Waals surface area contributed by atoms with Gasteiger partial charge in [-0.1, -0.05) is 33.8 Å². The van der Waals surface area contributed by atoms with Gasteiger partial charge in [0.05, 0.1) is 0 Å². The van der Waals surface area contributed by atoms with Gasteiger partial charge in [0.2, 0.25) is 0 Å². The van der Waals surface area contributed by atoms with Crippen LogP contribution in [0.2, 0.25) is 0 Å². The van der Waals surface area contributed by atoms with Crippen LogP contribution in [0, 0.1) is 11.8 Å². The first kappa shape index (κ1) is 19.4. The Hall–Kier alpha value is -1.62. The third-order valence-electron chi connectivity index (χ3n) is 3.33. The second-order valence-corrected chi connectivity index (χ2v) is 7.43. The normalized spacial score (nSPS) is 10.7. The molecule has 0 unspecified atom stereocenters. The molecule has 2 amide bonds. The zero-order chi connectivity index (χ0) is 17.2. The number of carbonyl (C=O) groups excluding carboxylic acids is 2. The van der Waals surface area contributed by atoms with E-state index in [1.165, 1.54) is 11.3 Å². The zero-order valence-electron chi connectivity index (χ0n) is 14.5. The highest BCUT2D eigenvalue weighted by molar-refractivity contribution is 7.10. The Labute approximate surface area is 143 Å². The topological polar surface area (TPSA) is 58.2 Å². The van der Waals surface area contributed by atoms with Crippen LogP contribution in [0.1, 0.15) is 45.4 Å². The second-order valence-electron chi connectivity index (χ2n) is 6.45. The van der Waals surface area contributed by atoms with E-state index >= 15 is 0 Å². The van der Waals surface area contributed by atoms with Gasteiger partial charge in [-0.05, 0) is 42.2 Å². The van der Waals surface area contributed by atoms with Gasteiger partial charge in [-0.15, -0.1) is 11.3 Å². The highest BCUT2D eigenvalue weighted by Gasteiger charge is 2.18. The SMILES string of the molecule is CC(C)CCNC(=O)C(=Cc1cccs1)C(=O)NCCC(C)C. The van der Waals surface area contributed by atoms with Gasteiger partial charge in [-0.25, -0.2) is 0 Å². The van der Waals surface area contributed by atoms with E-state index < -0.39 is 0 Å². The summed E-state index contributed by atoms with van der Waals surface area (Å²) in [6, 6.07) is 3.80. The highest BCUT2D eigenvalue weighted by atomic mass is 32.1. The summed E-state index contributed by atoms with van der Waals surface area (Å²) in [5, 5.41) is 7.61. The monoisotopic (exact) mass is 336 g/mol. The molecule has 0 aromatic carbocycles. The first-order valence-corrected chi connectivity index (χ1v) is 9.09. The fourth-order valence-corrected chi connectivity index (χ4v) is 2.55. The van der Waals surface area contributed by atoms with Gasteiger partial charge in [0, 0.05) is 18.0 Å². The van der Waals surface area contributed by atoms with Crippen LogP contribution in [0.15, 0.2) is 23.1 Å². The minimum absolute atomic E-state index is 0.181. The first-order chi connectivity index (χ1) is 10.9. The van der Waals surface area contributed by atoms with Crippen LogP contribution in [-0.2, 0) is 9.59 Å². The van der Waals surface area contributed by atoms with Gasteiger partial charge in [-0.3, -0.25) is 9.59 Å². The molecule has 128 valence electrons. The van der Waals surface area contributed by atoms with Crippen molar-refractivity contribution >= 4 is 29.2 Å². The minimum atomic E-state index is -0.305. The maximum Gasteiger partial charge on any atom is 0.256 e. The molecular weight excluding hydrogens is 308 g/mol. The summed E-state index contributed by atoms with van der Waals surface area (Å²) in [6.07, 6.45) is 3.46. The van der Waals surface area contributed by atoms with E-state index in [-0.39, 0.29) is 17.4 Å². The van der Waals surface area contributed by atoms with Crippen molar-refractivity contribution in [2.24, 2.45) is 11.8 Å². The van der Waals surface area contributed by atoms with E-state index in [0.29, 0.717) is 24.9 Å². The standard InChI is InChI=1S/C18H28N2O2S/c1-13(2)7-9-19-17(21)16(12-15-6-5-11-23-15)18(22)20-10-8-14(3)4/h5-6,11-14H,7-10H2,1-4H3,(H,19,21)(H,20,22). The van der Waals surface area contributed by atoms with E-state index in [4.69, 9.17) is 0 Å². The van der Waals surface area contributed by atoms with E-state index in [2.05, 4.69) is 38.3 Å². The van der Waals surface area contributed by atoms with Crippen molar-refractivity contribution < 1.29 is 9.59 Å². The molecule has 0 aliphatic rings. The molecule has 1 aromatic rings. The molecule has 0 aliphatic carbocycles. The number of nitrogens with one attached hydrogen (secondary N) is 2. The molecule has 1 heterocycles. The number of hydrogen-bond donors (Lipinski definition) is 2. The molecule has 1 aromatic heterocycles. The number of thiophene rings is 1. The van der Waals surface area contributed by atoms with Gasteiger partial charge < -0.3 is 10.6 Å². The fourth-order valence-electron chi connectivity index (χ4n) is 1.89. The smallest absolute Gasteiger partial charge is 0.256 e. The van der Waals surface area contributed by atoms with Crippen molar-refractivity contribution in [2.75, 3.05) is 13.1 Å². The zero-order valence-corrected chi connectivity index (χ0v) is 15.3. The van der Waals surface area contributed by atoms with Crippen molar-refractivity contribution in [3.63, 3.8) is 0 Å². The van der Waals surface area contributed by atoms with Gasteiger partial charge in [0.1, 0.15) is 5.57 Å². The van der Waals surface area contributed by atoms with Crippen LogP contribution in [0.3, 0.4) is 0 Å². The molecule has 0 bridgehead atoms. The number of hydrogen-bond acceptors (Lipinski definition) is 3. The quantitative estimate of drug-likeness (QED) is 0.412. The molecule has 0 radical (unpaired) electrons. The van der Waals surface area contributed by atoms with E-state index in [9.17, 15) is 9.59 Å². The average Bonchev–Trinajstić information content (AvgIpc) is 2.96. The number of carbonyl (C=O) groups is 2. The van der Waals surface area contributed by atoms with Crippen molar-refractivity contribution in [2.45, 2.75) is 40.5 Å². The highest BCUT2D eigenvalue weighted by Crippen LogP contribution is 2.14. The lowest BCUT2D eigenvalue weighted by atomic mass is 10.1. The van der Waals surface area contributed by atoms with Crippen LogP contribution < -0.4 is 10.6 Å². The predicted octanol–water partition coefficient (Wildman–Crippen LogP) is 3.46. The lowest BCUT2D eigenvalue weighted by Crippen LogP contribution is -2.36. The maximum absolute atomic E-state index is 12.4. The minimum Gasteiger partial charge on any atom is -0.352 e. The van der Waals surface area contributed by atoms with Gasteiger partial charge in [-0.2, -0.15) is 0 Å². The summed E-state index contributed by atoms with van der Waals surface area (Å²) in [5.41, 5.74) is 0.181. The van der Waals surface area contributed by atoms with Crippen molar-refractivity contribution in [3.05, 3.63) is 28.0 Å². The van der Waals surface area contributed by atoms with Crippen LogP contribution in [0.4, 0.5) is 0 Å². The van der Waals surface area contributed by atoms with E-state index in [1.807, 2.05) is 17.5 Å². The van der Waals surface area contributed by atoms with Crippen LogP contribution in [-0.4, -0.2) is 24.9 Å². The summed E-state index contributed by atoms with van der Waals surface area (Å²) < 4.78 is 0. The molecule has 0 atom stereocenters.